The molecular formula is C18H18F2N2O2S2. The van der Waals surface area contributed by atoms with Crippen LogP contribution in [-0.2, 0) is 17.6 Å². The minimum atomic E-state index is -0.620. The van der Waals surface area contributed by atoms with Crippen LogP contribution >= 0.6 is 23.6 Å². The largest absolute Gasteiger partial charge is 0.465 e. The van der Waals surface area contributed by atoms with Gasteiger partial charge in [-0.05, 0) is 55.6 Å². The number of nitrogens with one attached hydrogen (secondary N) is 2. The lowest BCUT2D eigenvalue weighted by atomic mass is 10.1. The SMILES string of the molecule is COC(=O)c1c(NC(=S)Nc2cc(F)ccc2F)sc2c1CCCCC2. The Morgan fingerprint density at radius 2 is 1.96 bits per heavy atom. The number of benzene rings is 1. The van der Waals surface area contributed by atoms with Gasteiger partial charge in [0.2, 0.25) is 0 Å². The van der Waals surface area contributed by atoms with Crippen molar-refractivity contribution in [3.63, 3.8) is 0 Å². The van der Waals surface area contributed by atoms with Gasteiger partial charge in [0.25, 0.3) is 0 Å². The van der Waals surface area contributed by atoms with Gasteiger partial charge < -0.3 is 15.4 Å². The molecule has 138 valence electrons. The molecule has 0 aliphatic heterocycles. The van der Waals surface area contributed by atoms with Gasteiger partial charge in [0.15, 0.2) is 5.11 Å². The highest BCUT2D eigenvalue weighted by Crippen LogP contribution is 2.38. The molecule has 0 saturated heterocycles. The summed E-state index contributed by atoms with van der Waals surface area (Å²) in [5.41, 5.74) is 1.42. The van der Waals surface area contributed by atoms with E-state index in [0.29, 0.717) is 10.6 Å². The molecule has 0 unspecified atom stereocenters. The maximum absolute atomic E-state index is 13.8. The first kappa shape index (κ1) is 18.7. The Morgan fingerprint density at radius 3 is 2.73 bits per heavy atom. The second-order valence-electron chi connectivity index (χ2n) is 5.96. The summed E-state index contributed by atoms with van der Waals surface area (Å²) in [5, 5.41) is 6.23. The van der Waals surface area contributed by atoms with Crippen molar-refractivity contribution in [3.8, 4) is 0 Å². The van der Waals surface area contributed by atoms with Crippen LogP contribution in [0.25, 0.3) is 0 Å². The quantitative estimate of drug-likeness (QED) is 0.439. The van der Waals surface area contributed by atoms with Gasteiger partial charge in [-0.2, -0.15) is 0 Å². The Hall–Kier alpha value is -2.06. The summed E-state index contributed by atoms with van der Waals surface area (Å²) >= 11 is 6.67. The van der Waals surface area contributed by atoms with Crippen molar-refractivity contribution in [3.05, 3.63) is 45.8 Å². The van der Waals surface area contributed by atoms with E-state index >= 15 is 0 Å². The smallest absolute Gasteiger partial charge is 0.341 e. The third kappa shape index (κ3) is 4.02. The van der Waals surface area contributed by atoms with Gasteiger partial charge in [0, 0.05) is 10.9 Å². The minimum Gasteiger partial charge on any atom is -0.465 e. The molecule has 1 aromatic heterocycles. The lowest BCUT2D eigenvalue weighted by Crippen LogP contribution is -2.21. The molecule has 4 nitrogen and oxygen atoms in total. The number of halogens is 2. The van der Waals surface area contributed by atoms with Gasteiger partial charge in [-0.15, -0.1) is 11.3 Å². The Kier molecular flexibility index (Phi) is 5.83. The first-order valence-electron chi connectivity index (χ1n) is 8.25. The van der Waals surface area contributed by atoms with Crippen molar-refractivity contribution in [1.82, 2.24) is 0 Å². The van der Waals surface area contributed by atoms with E-state index < -0.39 is 17.6 Å². The van der Waals surface area contributed by atoms with E-state index in [-0.39, 0.29) is 10.8 Å². The highest BCUT2D eigenvalue weighted by molar-refractivity contribution is 7.80. The fourth-order valence-corrected chi connectivity index (χ4v) is 4.56. The number of hydrogen-bond donors (Lipinski definition) is 2. The van der Waals surface area contributed by atoms with Gasteiger partial charge in [-0.3, -0.25) is 0 Å². The summed E-state index contributed by atoms with van der Waals surface area (Å²) in [7, 11) is 1.34. The molecule has 8 heteroatoms. The summed E-state index contributed by atoms with van der Waals surface area (Å²) in [5.74, 6) is -1.62. The van der Waals surface area contributed by atoms with Crippen LogP contribution in [0.1, 0.15) is 40.1 Å². The molecule has 0 bridgehead atoms. The summed E-state index contributed by atoms with van der Waals surface area (Å²) < 4.78 is 32.0. The number of carbonyl (C=O) groups is 1. The second-order valence-corrected chi connectivity index (χ2v) is 7.48. The number of methoxy groups -OCH3 is 1. The maximum atomic E-state index is 13.8. The lowest BCUT2D eigenvalue weighted by molar-refractivity contribution is 0.0601. The number of thiophene rings is 1. The number of aryl methyl sites for hydroxylation is 1. The Balaban J connectivity index is 1.85. The van der Waals surface area contributed by atoms with E-state index in [9.17, 15) is 13.6 Å². The third-order valence-electron chi connectivity index (χ3n) is 4.21. The average Bonchev–Trinajstić information content (AvgIpc) is 2.78. The van der Waals surface area contributed by atoms with Crippen molar-refractivity contribution < 1.29 is 18.3 Å². The van der Waals surface area contributed by atoms with Crippen LogP contribution in [0.15, 0.2) is 18.2 Å². The van der Waals surface area contributed by atoms with Crippen molar-refractivity contribution in [2.75, 3.05) is 17.7 Å². The lowest BCUT2D eigenvalue weighted by Gasteiger charge is -2.12. The number of anilines is 2. The van der Waals surface area contributed by atoms with E-state index in [1.807, 2.05) is 0 Å². The molecule has 0 atom stereocenters. The minimum absolute atomic E-state index is 0.0692. The Bertz CT molecular complexity index is 852. The van der Waals surface area contributed by atoms with Gasteiger partial charge in [0.1, 0.15) is 16.6 Å². The zero-order chi connectivity index (χ0) is 18.7. The summed E-state index contributed by atoms with van der Waals surface area (Å²) in [6, 6.07) is 3.07. The van der Waals surface area contributed by atoms with E-state index in [0.717, 1.165) is 60.7 Å². The highest BCUT2D eigenvalue weighted by Gasteiger charge is 2.25. The molecule has 1 heterocycles. The topological polar surface area (TPSA) is 50.4 Å². The van der Waals surface area contributed by atoms with Crippen molar-refractivity contribution in [2.24, 2.45) is 0 Å². The molecule has 2 aromatic rings. The number of carbonyl (C=O) groups excluding carboxylic acids is 1. The molecule has 0 radical (unpaired) electrons. The monoisotopic (exact) mass is 396 g/mol. The zero-order valence-electron chi connectivity index (χ0n) is 14.2. The third-order valence-corrected chi connectivity index (χ3v) is 5.63. The average molecular weight is 396 g/mol. The molecule has 3 rings (SSSR count). The van der Waals surface area contributed by atoms with E-state index in [2.05, 4.69) is 10.6 Å². The zero-order valence-corrected chi connectivity index (χ0v) is 15.8. The molecule has 2 N–H and O–H groups in total. The number of rotatable bonds is 3. The molecule has 0 spiro atoms. The van der Waals surface area contributed by atoms with Crippen LogP contribution in [0.4, 0.5) is 19.5 Å². The predicted molar refractivity (Wildman–Crippen MR) is 103 cm³/mol. The summed E-state index contributed by atoms with van der Waals surface area (Å²) in [6.45, 7) is 0. The van der Waals surface area contributed by atoms with Crippen LogP contribution in [0.2, 0.25) is 0 Å². The summed E-state index contributed by atoms with van der Waals surface area (Å²) in [6.07, 6.45) is 4.94. The van der Waals surface area contributed by atoms with Gasteiger partial charge in [0.05, 0.1) is 18.4 Å². The summed E-state index contributed by atoms with van der Waals surface area (Å²) in [4.78, 5) is 13.4. The van der Waals surface area contributed by atoms with Crippen LogP contribution < -0.4 is 10.6 Å². The Labute approximate surface area is 159 Å². The molecule has 1 aliphatic rings. The van der Waals surface area contributed by atoms with E-state index in [4.69, 9.17) is 17.0 Å². The number of hydrogen-bond acceptors (Lipinski definition) is 4. The fourth-order valence-electron chi connectivity index (χ4n) is 3.00. The molecule has 0 saturated carbocycles. The number of thiocarbonyl (C=S) groups is 1. The fraction of sp³-hybridized carbons (Fsp3) is 0.333. The molecule has 1 aliphatic carbocycles. The highest BCUT2D eigenvalue weighted by atomic mass is 32.1. The molecule has 26 heavy (non-hydrogen) atoms. The standard InChI is InChI=1S/C18H18F2N2O2S2/c1-24-17(23)15-11-5-3-2-4-6-14(11)26-16(15)22-18(25)21-13-9-10(19)7-8-12(13)20/h7-9H,2-6H2,1H3,(H2,21,22,25). The van der Waals surface area contributed by atoms with E-state index in [1.165, 1.54) is 18.4 Å². The Morgan fingerprint density at radius 1 is 1.19 bits per heavy atom. The first-order valence-corrected chi connectivity index (χ1v) is 9.48. The predicted octanol–water partition coefficient (Wildman–Crippen LogP) is 4.89. The number of fused-ring (bicyclic) bond motifs is 1. The van der Waals surface area contributed by atoms with E-state index in [1.54, 1.807) is 0 Å². The maximum Gasteiger partial charge on any atom is 0.341 e. The normalized spacial score (nSPS) is 13.5. The van der Waals surface area contributed by atoms with Gasteiger partial charge in [-0.25, -0.2) is 13.6 Å². The molecule has 1 aromatic carbocycles. The van der Waals surface area contributed by atoms with Crippen molar-refractivity contribution in [1.29, 1.82) is 0 Å². The molecule has 0 amide bonds. The molecular weight excluding hydrogens is 378 g/mol. The second kappa shape index (κ2) is 8.09. The van der Waals surface area contributed by atoms with Gasteiger partial charge in [-0.1, -0.05) is 6.42 Å². The first-order chi connectivity index (χ1) is 12.5. The molecule has 0 fully saturated rings. The number of ether oxygens (including phenoxy) is 1. The van der Waals surface area contributed by atoms with Crippen LogP contribution in [0, 0.1) is 11.6 Å². The van der Waals surface area contributed by atoms with Crippen molar-refractivity contribution in [2.45, 2.75) is 32.1 Å². The van der Waals surface area contributed by atoms with Crippen LogP contribution in [0.3, 0.4) is 0 Å². The van der Waals surface area contributed by atoms with Crippen LogP contribution in [0.5, 0.6) is 0 Å². The van der Waals surface area contributed by atoms with Crippen LogP contribution in [-0.4, -0.2) is 18.2 Å². The number of esters is 1. The van der Waals surface area contributed by atoms with Crippen molar-refractivity contribution >= 4 is 45.3 Å². The van der Waals surface area contributed by atoms with Gasteiger partial charge >= 0.3 is 5.97 Å².